The monoisotopic (exact) mass is 336 g/mol. The van der Waals surface area contributed by atoms with Crippen molar-refractivity contribution in [2.24, 2.45) is 5.92 Å². The van der Waals surface area contributed by atoms with Gasteiger partial charge in [0.1, 0.15) is 0 Å². The van der Waals surface area contributed by atoms with Gasteiger partial charge >= 0.3 is 0 Å². The number of aryl methyl sites for hydroxylation is 1. The molecule has 2 aromatic rings. The number of hydrogen-bond acceptors (Lipinski definition) is 2. The number of benzene rings is 2. The van der Waals surface area contributed by atoms with Gasteiger partial charge < -0.3 is 10.2 Å². The molecule has 0 radical (unpaired) electrons. The molecule has 3 rings (SSSR count). The van der Waals surface area contributed by atoms with E-state index >= 15 is 0 Å². The van der Waals surface area contributed by atoms with Crippen LogP contribution in [0.15, 0.2) is 54.6 Å². The second-order valence-electron chi connectivity index (χ2n) is 6.57. The molecule has 2 aromatic carbocycles. The Kier molecular flexibility index (Phi) is 5.17. The Balaban J connectivity index is 1.64. The number of amides is 2. The molecule has 1 heterocycles. The third-order valence-corrected chi connectivity index (χ3v) is 4.81. The van der Waals surface area contributed by atoms with Crippen molar-refractivity contribution in [3.8, 4) is 0 Å². The number of nitrogens with one attached hydrogen (secondary N) is 1. The maximum atomic E-state index is 12.6. The van der Waals surface area contributed by atoms with Gasteiger partial charge in [-0.2, -0.15) is 0 Å². The highest BCUT2D eigenvalue weighted by Crippen LogP contribution is 2.26. The molecule has 1 fully saturated rings. The van der Waals surface area contributed by atoms with Crippen molar-refractivity contribution in [3.05, 3.63) is 65.7 Å². The zero-order valence-electron chi connectivity index (χ0n) is 14.7. The van der Waals surface area contributed by atoms with Crippen molar-refractivity contribution in [2.75, 3.05) is 11.4 Å². The number of rotatable bonds is 5. The molecule has 130 valence electrons. The molecule has 1 N–H and O–H groups in total. The van der Waals surface area contributed by atoms with Gasteiger partial charge in [-0.3, -0.25) is 9.59 Å². The first-order valence-electron chi connectivity index (χ1n) is 8.83. The molecule has 0 saturated carbocycles. The van der Waals surface area contributed by atoms with E-state index in [2.05, 4.69) is 12.2 Å². The molecule has 25 heavy (non-hydrogen) atoms. The Morgan fingerprint density at radius 3 is 2.48 bits per heavy atom. The summed E-state index contributed by atoms with van der Waals surface area (Å²) in [5.74, 6) is -0.348. The quantitative estimate of drug-likeness (QED) is 0.909. The molecule has 2 atom stereocenters. The number of anilines is 1. The number of nitrogens with zero attached hydrogens (tertiary/aromatic N) is 1. The van der Waals surface area contributed by atoms with Crippen LogP contribution < -0.4 is 10.2 Å². The maximum absolute atomic E-state index is 12.6. The topological polar surface area (TPSA) is 49.4 Å². The highest BCUT2D eigenvalue weighted by molar-refractivity contribution is 6.00. The lowest BCUT2D eigenvalue weighted by Gasteiger charge is -2.19. The van der Waals surface area contributed by atoms with Crippen molar-refractivity contribution in [2.45, 2.75) is 32.7 Å². The Bertz CT molecular complexity index is 740. The van der Waals surface area contributed by atoms with Gasteiger partial charge in [0.2, 0.25) is 11.8 Å². The third-order valence-electron chi connectivity index (χ3n) is 4.81. The van der Waals surface area contributed by atoms with Crippen LogP contribution in [-0.2, 0) is 16.0 Å². The van der Waals surface area contributed by atoms with Gasteiger partial charge in [-0.25, -0.2) is 0 Å². The molecule has 0 spiro atoms. The van der Waals surface area contributed by atoms with Crippen LogP contribution in [0.25, 0.3) is 0 Å². The van der Waals surface area contributed by atoms with Gasteiger partial charge in [0.25, 0.3) is 0 Å². The molecule has 4 nitrogen and oxygen atoms in total. The molecule has 0 aliphatic carbocycles. The number of hydrogen-bond donors (Lipinski definition) is 1. The Morgan fingerprint density at radius 1 is 1.16 bits per heavy atom. The largest absolute Gasteiger partial charge is 0.349 e. The summed E-state index contributed by atoms with van der Waals surface area (Å²) in [4.78, 5) is 26.6. The van der Waals surface area contributed by atoms with Crippen molar-refractivity contribution < 1.29 is 9.59 Å². The van der Waals surface area contributed by atoms with Gasteiger partial charge in [0.15, 0.2) is 0 Å². The summed E-state index contributed by atoms with van der Waals surface area (Å²) in [7, 11) is 0. The van der Waals surface area contributed by atoms with Crippen LogP contribution in [0.2, 0.25) is 0 Å². The summed E-state index contributed by atoms with van der Waals surface area (Å²) in [5, 5.41) is 3.03. The second kappa shape index (κ2) is 7.51. The lowest BCUT2D eigenvalue weighted by Crippen LogP contribution is -2.34. The molecule has 1 aliphatic rings. The van der Waals surface area contributed by atoms with Crippen molar-refractivity contribution in [1.82, 2.24) is 5.32 Å². The van der Waals surface area contributed by atoms with Crippen molar-refractivity contribution in [1.29, 1.82) is 0 Å². The third kappa shape index (κ3) is 3.90. The standard InChI is InChI=1S/C21H24N2O2/c1-3-16-9-11-19(12-10-16)23-14-18(13-20(23)24)21(25)22-15(2)17-7-5-4-6-8-17/h4-12,15,18H,3,13-14H2,1-2H3,(H,22,25)/t15-,18+/m0/s1. The van der Waals surface area contributed by atoms with Gasteiger partial charge in [-0.1, -0.05) is 49.4 Å². The van der Waals surface area contributed by atoms with E-state index in [1.807, 2.05) is 61.5 Å². The van der Waals surface area contributed by atoms with E-state index in [-0.39, 0.29) is 30.2 Å². The Hall–Kier alpha value is -2.62. The van der Waals surface area contributed by atoms with E-state index in [9.17, 15) is 9.59 Å². The van der Waals surface area contributed by atoms with Crippen molar-refractivity contribution in [3.63, 3.8) is 0 Å². The predicted molar refractivity (Wildman–Crippen MR) is 99.3 cm³/mol. The van der Waals surface area contributed by atoms with Crippen LogP contribution in [0, 0.1) is 5.92 Å². The molecular formula is C21H24N2O2. The average Bonchev–Trinajstić information content (AvgIpc) is 3.04. The molecule has 0 bridgehead atoms. The Labute approximate surface area is 148 Å². The van der Waals surface area contributed by atoms with Crippen LogP contribution in [0.5, 0.6) is 0 Å². The minimum Gasteiger partial charge on any atom is -0.349 e. The molecule has 0 unspecified atom stereocenters. The van der Waals surface area contributed by atoms with E-state index in [0.29, 0.717) is 6.54 Å². The average molecular weight is 336 g/mol. The molecule has 4 heteroatoms. The first-order chi connectivity index (χ1) is 12.1. The van der Waals surface area contributed by atoms with E-state index in [1.165, 1.54) is 5.56 Å². The highest BCUT2D eigenvalue weighted by atomic mass is 16.2. The van der Waals surface area contributed by atoms with E-state index in [0.717, 1.165) is 17.7 Å². The zero-order valence-corrected chi connectivity index (χ0v) is 14.7. The van der Waals surface area contributed by atoms with Crippen LogP contribution >= 0.6 is 0 Å². The van der Waals surface area contributed by atoms with Crippen LogP contribution in [0.1, 0.15) is 37.4 Å². The normalized spacial score (nSPS) is 18.2. The summed E-state index contributed by atoms with van der Waals surface area (Å²) in [6.07, 6.45) is 1.24. The minimum absolute atomic E-state index is 0.0109. The summed E-state index contributed by atoms with van der Waals surface area (Å²) in [6, 6.07) is 17.8. The summed E-state index contributed by atoms with van der Waals surface area (Å²) in [6.45, 7) is 4.51. The maximum Gasteiger partial charge on any atom is 0.227 e. The highest BCUT2D eigenvalue weighted by Gasteiger charge is 2.35. The van der Waals surface area contributed by atoms with Gasteiger partial charge in [-0.05, 0) is 36.6 Å². The first-order valence-corrected chi connectivity index (χ1v) is 8.83. The SMILES string of the molecule is CCc1ccc(N2C[C@H](C(=O)N[C@@H](C)c3ccccc3)CC2=O)cc1. The lowest BCUT2D eigenvalue weighted by molar-refractivity contribution is -0.126. The second-order valence-corrected chi connectivity index (χ2v) is 6.57. The summed E-state index contributed by atoms with van der Waals surface area (Å²) < 4.78 is 0. The van der Waals surface area contributed by atoms with Crippen LogP contribution in [0.4, 0.5) is 5.69 Å². The van der Waals surface area contributed by atoms with Crippen LogP contribution in [0.3, 0.4) is 0 Å². The molecular weight excluding hydrogens is 312 g/mol. The molecule has 0 aromatic heterocycles. The van der Waals surface area contributed by atoms with Crippen LogP contribution in [-0.4, -0.2) is 18.4 Å². The van der Waals surface area contributed by atoms with E-state index in [4.69, 9.17) is 0 Å². The fourth-order valence-corrected chi connectivity index (χ4v) is 3.20. The zero-order chi connectivity index (χ0) is 17.8. The molecule has 1 saturated heterocycles. The first kappa shape index (κ1) is 17.2. The molecule has 1 aliphatic heterocycles. The summed E-state index contributed by atoms with van der Waals surface area (Å²) in [5.41, 5.74) is 3.17. The van der Waals surface area contributed by atoms with E-state index < -0.39 is 0 Å². The molecule has 2 amide bonds. The fourth-order valence-electron chi connectivity index (χ4n) is 3.20. The van der Waals surface area contributed by atoms with E-state index in [1.54, 1.807) is 4.90 Å². The Morgan fingerprint density at radius 2 is 1.84 bits per heavy atom. The number of carbonyl (C=O) groups is 2. The van der Waals surface area contributed by atoms with Gasteiger partial charge in [-0.15, -0.1) is 0 Å². The van der Waals surface area contributed by atoms with Crippen molar-refractivity contribution >= 4 is 17.5 Å². The summed E-state index contributed by atoms with van der Waals surface area (Å²) >= 11 is 0. The fraction of sp³-hybridized carbons (Fsp3) is 0.333. The van der Waals surface area contributed by atoms with Gasteiger partial charge in [0.05, 0.1) is 12.0 Å². The minimum atomic E-state index is -0.301. The predicted octanol–water partition coefficient (Wildman–Crippen LogP) is 3.48. The number of carbonyl (C=O) groups excluding carboxylic acids is 2. The van der Waals surface area contributed by atoms with Gasteiger partial charge in [0, 0.05) is 18.7 Å². The smallest absolute Gasteiger partial charge is 0.227 e. The lowest BCUT2D eigenvalue weighted by atomic mass is 10.1.